The van der Waals surface area contributed by atoms with Crippen molar-refractivity contribution in [3.05, 3.63) is 41.7 Å². The van der Waals surface area contributed by atoms with Crippen molar-refractivity contribution in [2.24, 2.45) is 0 Å². The number of oxazole rings is 1. The van der Waals surface area contributed by atoms with Gasteiger partial charge in [-0.25, -0.2) is 9.97 Å². The molecule has 1 N–H and O–H groups in total. The van der Waals surface area contributed by atoms with Gasteiger partial charge in [0.15, 0.2) is 0 Å². The topological polar surface area (TPSA) is 51.0 Å². The van der Waals surface area contributed by atoms with Crippen molar-refractivity contribution in [2.75, 3.05) is 5.32 Å². The maximum Gasteiger partial charge on any atom is 0.416 e. The number of hydrogen-bond donors (Lipinski definition) is 1. The Kier molecular flexibility index (Phi) is 3.73. The van der Waals surface area contributed by atoms with Crippen molar-refractivity contribution in [1.29, 1.82) is 0 Å². The summed E-state index contributed by atoms with van der Waals surface area (Å²) in [7, 11) is 0. The van der Waals surface area contributed by atoms with Crippen molar-refractivity contribution in [1.82, 2.24) is 9.97 Å². The number of hydrogen-bond acceptors (Lipinski definition) is 4. The molecule has 19 heavy (non-hydrogen) atoms. The summed E-state index contributed by atoms with van der Waals surface area (Å²) in [6, 6.07) is 1.87. The minimum atomic E-state index is -4.38. The molecule has 7 heteroatoms. The lowest BCUT2D eigenvalue weighted by Gasteiger charge is -2.08. The number of aromatic nitrogens is 2. The molecule has 4 nitrogen and oxygen atoms in total. The molecule has 0 aliphatic heterocycles. The summed E-state index contributed by atoms with van der Waals surface area (Å²) in [6.07, 6.45) is -0.957. The van der Waals surface area contributed by atoms with Gasteiger partial charge in [0, 0.05) is 12.6 Å². The van der Waals surface area contributed by atoms with Gasteiger partial charge in [-0.3, -0.25) is 0 Å². The lowest BCUT2D eigenvalue weighted by atomic mass is 10.2. The molecule has 2 heterocycles. The third-order valence-electron chi connectivity index (χ3n) is 2.46. The summed E-state index contributed by atoms with van der Waals surface area (Å²) in [4.78, 5) is 7.81. The average Bonchev–Trinajstić information content (AvgIpc) is 2.84. The fraction of sp³-hybridized carbons (Fsp3) is 0.333. The standard InChI is InChI=1S/C12H12F3N3O/c1-2-9-6-18-11(19-9)7-17-10-5-8(3-4-16-10)12(13,14)15/h3-6H,2,7H2,1H3,(H,16,17). The van der Waals surface area contributed by atoms with Crippen molar-refractivity contribution >= 4 is 5.82 Å². The maximum absolute atomic E-state index is 12.5. The minimum Gasteiger partial charge on any atom is -0.444 e. The van der Waals surface area contributed by atoms with Crippen LogP contribution in [0.1, 0.15) is 24.1 Å². The molecule has 102 valence electrons. The SMILES string of the molecule is CCc1cnc(CNc2cc(C(F)(F)F)ccn2)o1. The van der Waals surface area contributed by atoms with Gasteiger partial charge in [0.25, 0.3) is 0 Å². The van der Waals surface area contributed by atoms with Crippen LogP contribution in [0.2, 0.25) is 0 Å². The molecule has 0 aromatic carbocycles. The molecule has 2 rings (SSSR count). The summed E-state index contributed by atoms with van der Waals surface area (Å²) in [5.74, 6) is 1.27. The molecule has 2 aromatic rings. The highest BCUT2D eigenvalue weighted by Gasteiger charge is 2.30. The van der Waals surface area contributed by atoms with Crippen LogP contribution in [0.5, 0.6) is 0 Å². The van der Waals surface area contributed by atoms with Crippen LogP contribution >= 0.6 is 0 Å². The molecule has 0 saturated heterocycles. The molecule has 0 spiro atoms. The van der Waals surface area contributed by atoms with E-state index in [2.05, 4.69) is 15.3 Å². The van der Waals surface area contributed by atoms with E-state index in [1.807, 2.05) is 6.92 Å². The van der Waals surface area contributed by atoms with E-state index in [0.29, 0.717) is 5.89 Å². The number of aryl methyl sites for hydroxylation is 1. The van der Waals surface area contributed by atoms with E-state index < -0.39 is 11.7 Å². The number of nitrogens with zero attached hydrogens (tertiary/aromatic N) is 2. The largest absolute Gasteiger partial charge is 0.444 e. The molecule has 0 aliphatic carbocycles. The predicted molar refractivity (Wildman–Crippen MR) is 62.4 cm³/mol. The Morgan fingerprint density at radius 2 is 2.11 bits per heavy atom. The molecule has 0 saturated carbocycles. The van der Waals surface area contributed by atoms with Crippen LogP contribution in [-0.4, -0.2) is 9.97 Å². The van der Waals surface area contributed by atoms with Gasteiger partial charge in [-0.1, -0.05) is 6.92 Å². The molecular weight excluding hydrogens is 259 g/mol. The van der Waals surface area contributed by atoms with Gasteiger partial charge in [0.1, 0.15) is 11.6 Å². The fourth-order valence-electron chi connectivity index (χ4n) is 1.46. The monoisotopic (exact) mass is 271 g/mol. The number of rotatable bonds is 4. The van der Waals surface area contributed by atoms with Gasteiger partial charge in [-0.15, -0.1) is 0 Å². The van der Waals surface area contributed by atoms with Crippen molar-refractivity contribution in [2.45, 2.75) is 26.1 Å². The van der Waals surface area contributed by atoms with E-state index in [1.54, 1.807) is 6.20 Å². The average molecular weight is 271 g/mol. The third-order valence-corrected chi connectivity index (χ3v) is 2.46. The van der Waals surface area contributed by atoms with E-state index >= 15 is 0 Å². The molecule has 0 unspecified atom stereocenters. The number of anilines is 1. The molecule has 0 radical (unpaired) electrons. The second kappa shape index (κ2) is 5.29. The molecule has 0 amide bonds. The lowest BCUT2D eigenvalue weighted by molar-refractivity contribution is -0.137. The zero-order valence-electron chi connectivity index (χ0n) is 10.2. The Balaban J connectivity index is 2.03. The first-order valence-electron chi connectivity index (χ1n) is 5.69. The highest BCUT2D eigenvalue weighted by Crippen LogP contribution is 2.29. The van der Waals surface area contributed by atoms with E-state index in [9.17, 15) is 13.2 Å². The van der Waals surface area contributed by atoms with E-state index in [4.69, 9.17) is 4.42 Å². The number of halogens is 3. The zero-order valence-corrected chi connectivity index (χ0v) is 10.2. The van der Waals surface area contributed by atoms with Crippen LogP contribution in [0.4, 0.5) is 19.0 Å². The van der Waals surface area contributed by atoms with Crippen molar-refractivity contribution < 1.29 is 17.6 Å². The van der Waals surface area contributed by atoms with Crippen LogP contribution in [0.15, 0.2) is 28.9 Å². The van der Waals surface area contributed by atoms with Gasteiger partial charge in [0.2, 0.25) is 5.89 Å². The first-order valence-corrected chi connectivity index (χ1v) is 5.69. The third kappa shape index (κ3) is 3.46. The Hall–Kier alpha value is -2.05. The van der Waals surface area contributed by atoms with Crippen LogP contribution in [0.3, 0.4) is 0 Å². The molecular formula is C12H12F3N3O. The van der Waals surface area contributed by atoms with Crippen LogP contribution in [-0.2, 0) is 19.1 Å². The van der Waals surface area contributed by atoms with Gasteiger partial charge in [0.05, 0.1) is 18.3 Å². The molecule has 2 aromatic heterocycles. The van der Waals surface area contributed by atoms with Crippen LogP contribution < -0.4 is 5.32 Å². The second-order valence-electron chi connectivity index (χ2n) is 3.85. The Morgan fingerprint density at radius 3 is 2.74 bits per heavy atom. The normalized spacial score (nSPS) is 11.6. The smallest absolute Gasteiger partial charge is 0.416 e. The Labute approximate surface area is 107 Å². The molecule has 0 aliphatic rings. The Bertz CT molecular complexity index is 551. The summed E-state index contributed by atoms with van der Waals surface area (Å²) in [5, 5.41) is 2.74. The van der Waals surface area contributed by atoms with Gasteiger partial charge in [-0.2, -0.15) is 13.2 Å². The van der Waals surface area contributed by atoms with Gasteiger partial charge < -0.3 is 9.73 Å². The highest BCUT2D eigenvalue weighted by atomic mass is 19.4. The molecule has 0 fully saturated rings. The van der Waals surface area contributed by atoms with Crippen molar-refractivity contribution in [3.8, 4) is 0 Å². The number of alkyl halides is 3. The quantitative estimate of drug-likeness (QED) is 0.927. The second-order valence-corrected chi connectivity index (χ2v) is 3.85. The first kappa shape index (κ1) is 13.4. The van der Waals surface area contributed by atoms with Gasteiger partial charge in [-0.05, 0) is 12.1 Å². The van der Waals surface area contributed by atoms with Crippen LogP contribution in [0.25, 0.3) is 0 Å². The van der Waals surface area contributed by atoms with E-state index in [-0.39, 0.29) is 12.4 Å². The molecule has 0 bridgehead atoms. The number of nitrogens with one attached hydrogen (secondary N) is 1. The maximum atomic E-state index is 12.5. The van der Waals surface area contributed by atoms with Crippen molar-refractivity contribution in [3.63, 3.8) is 0 Å². The summed E-state index contributed by atoms with van der Waals surface area (Å²) >= 11 is 0. The zero-order chi connectivity index (χ0) is 13.9. The summed E-state index contributed by atoms with van der Waals surface area (Å²) in [6.45, 7) is 2.11. The Morgan fingerprint density at radius 1 is 1.32 bits per heavy atom. The fourth-order valence-corrected chi connectivity index (χ4v) is 1.46. The molecule has 0 atom stereocenters. The van der Waals surface area contributed by atoms with Crippen LogP contribution in [0, 0.1) is 0 Å². The summed E-state index contributed by atoms with van der Waals surface area (Å²) < 4.78 is 42.8. The lowest BCUT2D eigenvalue weighted by Crippen LogP contribution is -2.07. The highest BCUT2D eigenvalue weighted by molar-refractivity contribution is 5.38. The van der Waals surface area contributed by atoms with E-state index in [0.717, 1.165) is 30.5 Å². The predicted octanol–water partition coefficient (Wildman–Crippen LogP) is 3.26. The number of pyridine rings is 1. The minimum absolute atomic E-state index is 0.131. The van der Waals surface area contributed by atoms with E-state index in [1.165, 1.54) is 0 Å². The first-order chi connectivity index (χ1) is 8.99. The van der Waals surface area contributed by atoms with Gasteiger partial charge >= 0.3 is 6.18 Å². The summed E-state index contributed by atoms with van der Waals surface area (Å²) in [5.41, 5.74) is -0.744.